The largest absolute Gasteiger partial charge is 0.484 e. The average Bonchev–Trinajstić information content (AvgIpc) is 2.74. The van der Waals surface area contributed by atoms with Gasteiger partial charge in [0.05, 0.1) is 16.3 Å². The normalized spacial score (nSPS) is 11.0. The van der Waals surface area contributed by atoms with Crippen LogP contribution in [-0.4, -0.2) is 27.2 Å². The number of para-hydroxylation sites is 2. The summed E-state index contributed by atoms with van der Waals surface area (Å²) in [5.74, 6) is 0.104. The molecule has 3 rings (SSSR count). The topological polar surface area (TPSA) is 84.5 Å². The minimum atomic E-state index is -3.72. The molecule has 0 atom stereocenters. The van der Waals surface area contributed by atoms with Crippen molar-refractivity contribution in [3.63, 3.8) is 0 Å². The molecular formula is C22H22N2O4S2. The van der Waals surface area contributed by atoms with Crippen LogP contribution in [0.5, 0.6) is 5.75 Å². The highest BCUT2D eigenvalue weighted by atomic mass is 32.2. The van der Waals surface area contributed by atoms with E-state index < -0.39 is 10.0 Å². The maximum atomic E-state index is 12.6. The number of carbonyl (C=O) groups excluding carboxylic acids is 1. The lowest BCUT2D eigenvalue weighted by Gasteiger charge is -2.12. The van der Waals surface area contributed by atoms with Crippen LogP contribution >= 0.6 is 11.8 Å². The van der Waals surface area contributed by atoms with E-state index in [0.717, 1.165) is 16.1 Å². The van der Waals surface area contributed by atoms with E-state index in [1.807, 2.05) is 49.6 Å². The zero-order valence-corrected chi connectivity index (χ0v) is 18.2. The number of benzene rings is 3. The molecule has 1 amide bonds. The summed E-state index contributed by atoms with van der Waals surface area (Å²) >= 11 is 1.54. The van der Waals surface area contributed by atoms with Gasteiger partial charge in [-0.3, -0.25) is 9.52 Å². The fourth-order valence-corrected chi connectivity index (χ4v) is 4.37. The summed E-state index contributed by atoms with van der Waals surface area (Å²) < 4.78 is 33.2. The second-order valence-corrected chi connectivity index (χ2v) is 8.96. The molecule has 0 aliphatic rings. The number of hydrogen-bond acceptors (Lipinski definition) is 5. The Kier molecular flexibility index (Phi) is 7.02. The molecule has 0 aliphatic heterocycles. The van der Waals surface area contributed by atoms with Crippen LogP contribution in [0.1, 0.15) is 5.56 Å². The molecule has 0 unspecified atom stereocenters. The Morgan fingerprint density at radius 3 is 2.23 bits per heavy atom. The second-order valence-electron chi connectivity index (χ2n) is 6.43. The number of thioether (sulfide) groups is 1. The van der Waals surface area contributed by atoms with E-state index >= 15 is 0 Å². The van der Waals surface area contributed by atoms with Crippen molar-refractivity contribution in [2.24, 2.45) is 0 Å². The van der Waals surface area contributed by atoms with Crippen LogP contribution in [0.3, 0.4) is 0 Å². The molecule has 0 bridgehead atoms. The lowest BCUT2D eigenvalue weighted by atomic mass is 10.2. The Labute approximate surface area is 180 Å². The highest BCUT2D eigenvalue weighted by Crippen LogP contribution is 2.25. The maximum absolute atomic E-state index is 12.6. The summed E-state index contributed by atoms with van der Waals surface area (Å²) in [5, 5.41) is 2.81. The Hall–Kier alpha value is -2.97. The second kappa shape index (κ2) is 9.69. The van der Waals surface area contributed by atoms with E-state index in [1.165, 1.54) is 36.0 Å². The lowest BCUT2D eigenvalue weighted by Crippen LogP contribution is -2.20. The van der Waals surface area contributed by atoms with Crippen molar-refractivity contribution in [3.8, 4) is 5.75 Å². The number of hydrogen-bond donors (Lipinski definition) is 2. The Balaban J connectivity index is 1.60. The number of ether oxygens (including phenoxy) is 1. The number of amides is 1. The molecule has 0 spiro atoms. The van der Waals surface area contributed by atoms with Gasteiger partial charge in [-0.2, -0.15) is 0 Å². The molecule has 8 heteroatoms. The molecule has 3 aromatic carbocycles. The van der Waals surface area contributed by atoms with Gasteiger partial charge < -0.3 is 10.1 Å². The van der Waals surface area contributed by atoms with E-state index in [9.17, 15) is 13.2 Å². The number of anilines is 2. The van der Waals surface area contributed by atoms with Crippen LogP contribution in [0, 0.1) is 6.92 Å². The minimum absolute atomic E-state index is 0.108. The van der Waals surface area contributed by atoms with E-state index in [4.69, 9.17) is 4.74 Å². The molecule has 0 saturated carbocycles. The van der Waals surface area contributed by atoms with Crippen molar-refractivity contribution in [1.82, 2.24) is 0 Å². The third-order valence-corrected chi connectivity index (χ3v) is 6.45. The molecular weight excluding hydrogens is 420 g/mol. The van der Waals surface area contributed by atoms with Gasteiger partial charge in [0.1, 0.15) is 5.75 Å². The molecule has 0 radical (unpaired) electrons. The van der Waals surface area contributed by atoms with E-state index in [2.05, 4.69) is 10.0 Å². The van der Waals surface area contributed by atoms with Crippen molar-refractivity contribution in [1.29, 1.82) is 0 Å². The van der Waals surface area contributed by atoms with Crippen molar-refractivity contribution in [3.05, 3.63) is 78.4 Å². The molecule has 2 N–H and O–H groups in total. The van der Waals surface area contributed by atoms with Crippen LogP contribution in [0.2, 0.25) is 0 Å². The Morgan fingerprint density at radius 2 is 1.57 bits per heavy atom. The molecule has 0 fully saturated rings. The van der Waals surface area contributed by atoms with Gasteiger partial charge in [0.25, 0.3) is 15.9 Å². The first kappa shape index (κ1) is 21.7. The number of carbonyl (C=O) groups is 1. The van der Waals surface area contributed by atoms with Crippen LogP contribution in [0.15, 0.2) is 82.6 Å². The predicted molar refractivity (Wildman–Crippen MR) is 121 cm³/mol. The molecule has 0 aliphatic carbocycles. The molecule has 0 aromatic heterocycles. The zero-order chi connectivity index (χ0) is 21.6. The third kappa shape index (κ3) is 5.55. The van der Waals surface area contributed by atoms with Gasteiger partial charge in [0.15, 0.2) is 6.61 Å². The Bertz CT molecular complexity index is 1130. The fraction of sp³-hybridized carbons (Fsp3) is 0.136. The third-order valence-electron chi connectivity index (χ3n) is 4.27. The minimum Gasteiger partial charge on any atom is -0.484 e. The first-order valence-electron chi connectivity index (χ1n) is 9.13. The average molecular weight is 443 g/mol. The van der Waals surface area contributed by atoms with Gasteiger partial charge in [-0.05, 0) is 61.2 Å². The van der Waals surface area contributed by atoms with Gasteiger partial charge in [0.2, 0.25) is 0 Å². The summed E-state index contributed by atoms with van der Waals surface area (Å²) in [6, 6.07) is 20.6. The lowest BCUT2D eigenvalue weighted by molar-refractivity contribution is -0.118. The smallest absolute Gasteiger partial charge is 0.262 e. The van der Waals surface area contributed by atoms with Crippen LogP contribution in [-0.2, 0) is 14.8 Å². The van der Waals surface area contributed by atoms with Crippen molar-refractivity contribution >= 4 is 39.1 Å². The molecule has 30 heavy (non-hydrogen) atoms. The summed E-state index contributed by atoms with van der Waals surface area (Å²) in [7, 11) is -3.72. The number of aryl methyl sites for hydroxylation is 1. The SMILES string of the molecule is CSc1ccccc1NC(=O)COc1ccc(S(=O)(=O)Nc2ccccc2C)cc1. The summed E-state index contributed by atoms with van der Waals surface area (Å²) in [6.07, 6.45) is 1.94. The zero-order valence-electron chi connectivity index (χ0n) is 16.6. The van der Waals surface area contributed by atoms with E-state index in [0.29, 0.717) is 11.4 Å². The van der Waals surface area contributed by atoms with E-state index in [-0.39, 0.29) is 17.4 Å². The Morgan fingerprint density at radius 1 is 0.933 bits per heavy atom. The summed E-state index contributed by atoms with van der Waals surface area (Å²) in [6.45, 7) is 1.65. The van der Waals surface area contributed by atoms with Gasteiger partial charge in [-0.15, -0.1) is 11.8 Å². The van der Waals surface area contributed by atoms with Gasteiger partial charge in [0, 0.05) is 4.90 Å². The maximum Gasteiger partial charge on any atom is 0.262 e. The highest BCUT2D eigenvalue weighted by molar-refractivity contribution is 7.98. The molecule has 0 heterocycles. The molecule has 6 nitrogen and oxygen atoms in total. The quantitative estimate of drug-likeness (QED) is 0.501. The van der Waals surface area contributed by atoms with Crippen molar-refractivity contribution in [2.45, 2.75) is 16.7 Å². The highest BCUT2D eigenvalue weighted by Gasteiger charge is 2.15. The first-order chi connectivity index (χ1) is 14.4. The van der Waals surface area contributed by atoms with Gasteiger partial charge >= 0.3 is 0 Å². The van der Waals surface area contributed by atoms with Crippen molar-refractivity contribution < 1.29 is 17.9 Å². The van der Waals surface area contributed by atoms with Crippen molar-refractivity contribution in [2.75, 3.05) is 22.9 Å². The molecule has 0 saturated heterocycles. The summed E-state index contributed by atoms with van der Waals surface area (Å²) in [4.78, 5) is 13.2. The summed E-state index contributed by atoms with van der Waals surface area (Å²) in [5.41, 5.74) is 2.08. The standard InChI is InChI=1S/C22H22N2O4S2/c1-16-7-3-4-8-19(16)24-30(26,27)18-13-11-17(12-14-18)28-15-22(25)23-20-9-5-6-10-21(20)29-2/h3-14,24H,15H2,1-2H3,(H,23,25). The number of nitrogens with one attached hydrogen (secondary N) is 2. The molecule has 3 aromatic rings. The van der Waals surface area contributed by atoms with Gasteiger partial charge in [-0.1, -0.05) is 30.3 Å². The predicted octanol–water partition coefficient (Wildman–Crippen LogP) is 4.54. The van der Waals surface area contributed by atoms with Gasteiger partial charge in [-0.25, -0.2) is 8.42 Å². The van der Waals surface area contributed by atoms with Crippen LogP contribution in [0.25, 0.3) is 0 Å². The van der Waals surface area contributed by atoms with Crippen LogP contribution < -0.4 is 14.8 Å². The first-order valence-corrected chi connectivity index (χ1v) is 11.8. The number of rotatable bonds is 8. The molecule has 156 valence electrons. The fourth-order valence-electron chi connectivity index (χ4n) is 2.69. The van der Waals surface area contributed by atoms with Crippen LogP contribution in [0.4, 0.5) is 11.4 Å². The number of sulfonamides is 1. The monoisotopic (exact) mass is 442 g/mol. The van der Waals surface area contributed by atoms with E-state index in [1.54, 1.807) is 12.1 Å².